The molecule has 0 bridgehead atoms. The van der Waals surface area contributed by atoms with E-state index in [-0.39, 0.29) is 28.3 Å². The smallest absolute Gasteiger partial charge is 0.187 e. The van der Waals surface area contributed by atoms with Crippen LogP contribution in [0.2, 0.25) is 0 Å². The highest BCUT2D eigenvalue weighted by Crippen LogP contribution is 2.28. The van der Waals surface area contributed by atoms with Gasteiger partial charge in [-0.2, -0.15) is 0 Å². The number of aliphatic hydroxyl groups is 1. The van der Waals surface area contributed by atoms with Gasteiger partial charge in [0.05, 0.1) is 0 Å². The molecule has 0 spiro atoms. The standard InChI is InChI=1S/C13H10O4/c1-13(17,7-14)9-4-2-3-8-10(15)5-6-11(16)12(8)9/h2-7,17H,1H3. The fourth-order valence-corrected chi connectivity index (χ4v) is 1.83. The van der Waals surface area contributed by atoms with E-state index in [0.29, 0.717) is 6.29 Å². The Morgan fingerprint density at radius 2 is 1.82 bits per heavy atom. The van der Waals surface area contributed by atoms with Gasteiger partial charge in [0.2, 0.25) is 0 Å². The molecule has 1 aromatic carbocycles. The van der Waals surface area contributed by atoms with Crippen molar-refractivity contribution in [2.45, 2.75) is 12.5 Å². The molecule has 0 fully saturated rings. The van der Waals surface area contributed by atoms with Crippen LogP contribution in [0.4, 0.5) is 0 Å². The minimum absolute atomic E-state index is 0.108. The number of aldehydes is 1. The van der Waals surface area contributed by atoms with Crippen LogP contribution in [-0.2, 0) is 10.4 Å². The van der Waals surface area contributed by atoms with Gasteiger partial charge in [-0.1, -0.05) is 18.2 Å². The lowest BCUT2D eigenvalue weighted by Crippen LogP contribution is -2.28. The summed E-state index contributed by atoms with van der Waals surface area (Å²) in [6, 6.07) is 4.51. The number of hydrogen-bond acceptors (Lipinski definition) is 4. The van der Waals surface area contributed by atoms with Crippen molar-refractivity contribution in [1.82, 2.24) is 0 Å². The van der Waals surface area contributed by atoms with E-state index in [9.17, 15) is 19.5 Å². The van der Waals surface area contributed by atoms with Gasteiger partial charge in [0.15, 0.2) is 17.9 Å². The van der Waals surface area contributed by atoms with Crippen molar-refractivity contribution in [3.8, 4) is 0 Å². The fraction of sp³-hybridized carbons (Fsp3) is 0.154. The molecule has 0 radical (unpaired) electrons. The van der Waals surface area contributed by atoms with Crippen LogP contribution in [0.15, 0.2) is 30.4 Å². The van der Waals surface area contributed by atoms with Gasteiger partial charge in [-0.05, 0) is 19.1 Å². The Kier molecular flexibility index (Phi) is 2.52. The maximum Gasteiger partial charge on any atom is 0.187 e. The summed E-state index contributed by atoms with van der Waals surface area (Å²) in [5.41, 5.74) is -1.28. The van der Waals surface area contributed by atoms with Crippen molar-refractivity contribution in [2.24, 2.45) is 0 Å². The van der Waals surface area contributed by atoms with Crippen molar-refractivity contribution in [3.05, 3.63) is 47.0 Å². The molecule has 0 saturated heterocycles. The minimum atomic E-state index is -1.77. The Labute approximate surface area is 97.6 Å². The average molecular weight is 230 g/mol. The summed E-state index contributed by atoms with van der Waals surface area (Å²) in [7, 11) is 0. The number of carbonyl (C=O) groups is 3. The second-order valence-electron chi connectivity index (χ2n) is 4.06. The van der Waals surface area contributed by atoms with Crippen molar-refractivity contribution in [2.75, 3.05) is 0 Å². The first-order chi connectivity index (χ1) is 7.97. The van der Waals surface area contributed by atoms with Gasteiger partial charge in [0.25, 0.3) is 0 Å². The van der Waals surface area contributed by atoms with Crippen LogP contribution >= 0.6 is 0 Å². The maximum absolute atomic E-state index is 11.7. The molecule has 0 amide bonds. The number of fused-ring (bicyclic) bond motifs is 1. The van der Waals surface area contributed by atoms with E-state index in [1.54, 1.807) is 0 Å². The summed E-state index contributed by atoms with van der Waals surface area (Å²) in [4.78, 5) is 34.2. The molecule has 4 heteroatoms. The number of hydrogen-bond donors (Lipinski definition) is 1. The Balaban J connectivity index is 2.75. The van der Waals surface area contributed by atoms with Crippen LogP contribution in [0, 0.1) is 0 Å². The van der Waals surface area contributed by atoms with Crippen molar-refractivity contribution < 1.29 is 19.5 Å². The molecule has 0 heterocycles. The van der Waals surface area contributed by atoms with Crippen LogP contribution in [0.5, 0.6) is 0 Å². The van der Waals surface area contributed by atoms with E-state index < -0.39 is 5.60 Å². The first-order valence-corrected chi connectivity index (χ1v) is 5.06. The van der Waals surface area contributed by atoms with Gasteiger partial charge >= 0.3 is 0 Å². The number of benzene rings is 1. The Hall–Kier alpha value is -2.07. The summed E-state index contributed by atoms with van der Waals surface area (Å²) >= 11 is 0. The molecule has 2 rings (SSSR count). The fourth-order valence-electron chi connectivity index (χ4n) is 1.83. The SMILES string of the molecule is CC(O)(C=O)c1cccc2c1C(=O)C=CC2=O. The van der Waals surface area contributed by atoms with Gasteiger partial charge in [0.1, 0.15) is 5.60 Å². The molecule has 0 aromatic heterocycles. The third-order valence-corrected chi connectivity index (χ3v) is 2.74. The van der Waals surface area contributed by atoms with Gasteiger partial charge in [0, 0.05) is 16.7 Å². The summed E-state index contributed by atoms with van der Waals surface area (Å²) in [6.07, 6.45) is 2.68. The zero-order chi connectivity index (χ0) is 12.6. The lowest BCUT2D eigenvalue weighted by Gasteiger charge is -2.22. The topological polar surface area (TPSA) is 71.4 Å². The van der Waals surface area contributed by atoms with Crippen molar-refractivity contribution >= 4 is 17.9 Å². The summed E-state index contributed by atoms with van der Waals surface area (Å²) in [5, 5.41) is 9.90. The number of ketones is 2. The molecule has 0 saturated carbocycles. The average Bonchev–Trinajstić information content (AvgIpc) is 2.33. The first kappa shape index (κ1) is 11.4. The number of allylic oxidation sites excluding steroid dienone is 2. The zero-order valence-electron chi connectivity index (χ0n) is 9.14. The van der Waals surface area contributed by atoms with Crippen LogP contribution in [0.1, 0.15) is 33.2 Å². The van der Waals surface area contributed by atoms with E-state index in [1.807, 2.05) is 0 Å². The largest absolute Gasteiger partial charge is 0.378 e. The van der Waals surface area contributed by atoms with E-state index in [0.717, 1.165) is 6.08 Å². The molecular formula is C13H10O4. The van der Waals surface area contributed by atoms with E-state index >= 15 is 0 Å². The molecule has 1 aliphatic carbocycles. The van der Waals surface area contributed by atoms with E-state index in [2.05, 4.69) is 0 Å². The van der Waals surface area contributed by atoms with Gasteiger partial charge < -0.3 is 5.11 Å². The summed E-state index contributed by atoms with van der Waals surface area (Å²) in [5.74, 6) is -0.680. The van der Waals surface area contributed by atoms with Crippen LogP contribution in [-0.4, -0.2) is 23.0 Å². The highest BCUT2D eigenvalue weighted by Gasteiger charge is 2.31. The number of rotatable bonds is 2. The summed E-state index contributed by atoms with van der Waals surface area (Å²) in [6.45, 7) is 1.28. The number of carbonyl (C=O) groups excluding carboxylic acids is 3. The second kappa shape index (κ2) is 3.75. The first-order valence-electron chi connectivity index (χ1n) is 5.06. The zero-order valence-corrected chi connectivity index (χ0v) is 9.14. The van der Waals surface area contributed by atoms with Crippen molar-refractivity contribution in [3.63, 3.8) is 0 Å². The van der Waals surface area contributed by atoms with Crippen molar-refractivity contribution in [1.29, 1.82) is 0 Å². The highest BCUT2D eigenvalue weighted by atomic mass is 16.3. The molecule has 1 unspecified atom stereocenters. The molecule has 4 nitrogen and oxygen atoms in total. The lowest BCUT2D eigenvalue weighted by atomic mass is 9.84. The predicted molar refractivity (Wildman–Crippen MR) is 59.9 cm³/mol. The van der Waals surface area contributed by atoms with Gasteiger partial charge in [-0.15, -0.1) is 0 Å². The van der Waals surface area contributed by atoms with Gasteiger partial charge in [-0.25, -0.2) is 0 Å². The molecule has 1 atom stereocenters. The van der Waals surface area contributed by atoms with Crippen LogP contribution < -0.4 is 0 Å². The Bertz CT molecular complexity index is 553. The molecule has 17 heavy (non-hydrogen) atoms. The van der Waals surface area contributed by atoms with Crippen LogP contribution in [0.3, 0.4) is 0 Å². The normalized spacial score (nSPS) is 17.5. The Morgan fingerprint density at radius 3 is 2.47 bits per heavy atom. The monoisotopic (exact) mass is 230 g/mol. The van der Waals surface area contributed by atoms with Gasteiger partial charge in [-0.3, -0.25) is 14.4 Å². The molecule has 1 aromatic rings. The second-order valence-corrected chi connectivity index (χ2v) is 4.06. The third kappa shape index (κ3) is 1.72. The van der Waals surface area contributed by atoms with Crippen LogP contribution in [0.25, 0.3) is 0 Å². The maximum atomic E-state index is 11.7. The summed E-state index contributed by atoms with van der Waals surface area (Å²) < 4.78 is 0. The molecule has 1 N–H and O–H groups in total. The molecule has 86 valence electrons. The highest BCUT2D eigenvalue weighted by molar-refractivity contribution is 6.22. The molecule has 0 aliphatic heterocycles. The molecule has 1 aliphatic rings. The minimum Gasteiger partial charge on any atom is -0.378 e. The molecular weight excluding hydrogens is 220 g/mol. The third-order valence-electron chi connectivity index (χ3n) is 2.74. The lowest BCUT2D eigenvalue weighted by molar-refractivity contribution is -0.123. The quantitative estimate of drug-likeness (QED) is 0.770. The van der Waals surface area contributed by atoms with E-state index in [4.69, 9.17) is 0 Å². The Morgan fingerprint density at radius 1 is 1.18 bits per heavy atom. The van der Waals surface area contributed by atoms with E-state index in [1.165, 1.54) is 31.2 Å². The predicted octanol–water partition coefficient (Wildman–Crippen LogP) is 1.03.